The van der Waals surface area contributed by atoms with Crippen molar-refractivity contribution >= 4 is 40.9 Å². The van der Waals surface area contributed by atoms with Crippen molar-refractivity contribution in [2.75, 3.05) is 19.7 Å². The van der Waals surface area contributed by atoms with E-state index < -0.39 is 17.7 Å². The van der Waals surface area contributed by atoms with Gasteiger partial charge >= 0.3 is 0 Å². The van der Waals surface area contributed by atoms with Crippen LogP contribution in [0.3, 0.4) is 0 Å². The summed E-state index contributed by atoms with van der Waals surface area (Å²) >= 11 is 11.8. The maximum Gasteiger partial charge on any atom is 0.262 e. The number of imide groups is 1. The molecule has 0 radical (unpaired) electrons. The predicted octanol–water partition coefficient (Wildman–Crippen LogP) is 3.30. The fourth-order valence-corrected chi connectivity index (χ4v) is 3.88. The second-order valence-electron chi connectivity index (χ2n) is 7.03. The van der Waals surface area contributed by atoms with Crippen LogP contribution in [0.4, 0.5) is 0 Å². The molecule has 1 N–H and O–H groups in total. The van der Waals surface area contributed by atoms with Crippen LogP contribution in [-0.4, -0.2) is 48.4 Å². The lowest BCUT2D eigenvalue weighted by Crippen LogP contribution is -2.41. The van der Waals surface area contributed by atoms with E-state index in [-0.39, 0.29) is 33.8 Å². The zero-order valence-electron chi connectivity index (χ0n) is 15.1. The molecule has 1 saturated carbocycles. The highest BCUT2D eigenvalue weighted by atomic mass is 35.5. The van der Waals surface area contributed by atoms with Crippen molar-refractivity contribution in [2.45, 2.75) is 38.7 Å². The van der Waals surface area contributed by atoms with E-state index >= 15 is 0 Å². The third-order valence-corrected chi connectivity index (χ3v) is 5.82. The van der Waals surface area contributed by atoms with E-state index in [2.05, 4.69) is 12.2 Å². The number of benzene rings is 1. The number of halogens is 2. The third kappa shape index (κ3) is 4.45. The summed E-state index contributed by atoms with van der Waals surface area (Å²) in [6.07, 6.45) is 4.88. The summed E-state index contributed by atoms with van der Waals surface area (Å²) in [6, 6.07) is 2.72. The predicted molar refractivity (Wildman–Crippen MR) is 102 cm³/mol. The number of nitrogens with one attached hydrogen (secondary N) is 1. The Morgan fingerprint density at radius 2 is 1.74 bits per heavy atom. The SMILES string of the molecule is C[C@H]1CCCC[C@@H]1OCCNC(=O)CN1C(=O)c2cc(Cl)c(Cl)cc2C1=O. The maximum absolute atomic E-state index is 12.4. The molecule has 0 aromatic heterocycles. The van der Waals surface area contributed by atoms with Crippen molar-refractivity contribution < 1.29 is 19.1 Å². The fourth-order valence-electron chi connectivity index (χ4n) is 3.56. The Hall–Kier alpha value is -1.63. The lowest BCUT2D eigenvalue weighted by Gasteiger charge is -2.28. The van der Waals surface area contributed by atoms with Gasteiger partial charge in [0.05, 0.1) is 33.9 Å². The Bertz CT molecular complexity index is 727. The summed E-state index contributed by atoms with van der Waals surface area (Å²) in [5.74, 6) is -0.972. The number of hydrogen-bond donors (Lipinski definition) is 1. The van der Waals surface area contributed by atoms with Crippen molar-refractivity contribution in [3.63, 3.8) is 0 Å². The molecule has 1 heterocycles. The van der Waals surface area contributed by atoms with E-state index in [9.17, 15) is 14.4 Å². The highest BCUT2D eigenvalue weighted by molar-refractivity contribution is 6.43. The van der Waals surface area contributed by atoms with E-state index in [1.54, 1.807) is 0 Å². The first-order chi connectivity index (χ1) is 12.9. The van der Waals surface area contributed by atoms with Crippen LogP contribution in [0.15, 0.2) is 12.1 Å². The summed E-state index contributed by atoms with van der Waals surface area (Å²) < 4.78 is 5.84. The van der Waals surface area contributed by atoms with Crippen LogP contribution in [-0.2, 0) is 9.53 Å². The van der Waals surface area contributed by atoms with Crippen LogP contribution < -0.4 is 5.32 Å². The second kappa shape index (κ2) is 8.59. The Balaban J connectivity index is 1.48. The van der Waals surface area contributed by atoms with Crippen LogP contribution in [0, 0.1) is 5.92 Å². The fraction of sp³-hybridized carbons (Fsp3) is 0.526. The van der Waals surface area contributed by atoms with Crippen LogP contribution in [0.25, 0.3) is 0 Å². The monoisotopic (exact) mass is 412 g/mol. The Morgan fingerprint density at radius 1 is 1.15 bits per heavy atom. The highest BCUT2D eigenvalue weighted by Crippen LogP contribution is 2.31. The summed E-state index contributed by atoms with van der Waals surface area (Å²) in [5, 5.41) is 3.08. The summed E-state index contributed by atoms with van der Waals surface area (Å²) in [5.41, 5.74) is 0.327. The number of rotatable bonds is 6. The molecule has 0 bridgehead atoms. The van der Waals surface area contributed by atoms with E-state index in [0.717, 1.165) is 11.3 Å². The molecule has 1 aromatic carbocycles. The van der Waals surface area contributed by atoms with Crippen LogP contribution in [0.2, 0.25) is 10.0 Å². The van der Waals surface area contributed by atoms with Crippen molar-refractivity contribution in [1.82, 2.24) is 10.2 Å². The molecule has 27 heavy (non-hydrogen) atoms. The molecule has 0 saturated heterocycles. The number of fused-ring (bicyclic) bond motifs is 1. The first kappa shape index (κ1) is 20.1. The van der Waals surface area contributed by atoms with Crippen molar-refractivity contribution in [2.24, 2.45) is 5.92 Å². The average molecular weight is 413 g/mol. The molecular weight excluding hydrogens is 391 g/mol. The third-order valence-electron chi connectivity index (χ3n) is 5.10. The topological polar surface area (TPSA) is 75.7 Å². The van der Waals surface area contributed by atoms with Gasteiger partial charge in [-0.2, -0.15) is 0 Å². The van der Waals surface area contributed by atoms with Gasteiger partial charge in [-0.1, -0.05) is 43.0 Å². The van der Waals surface area contributed by atoms with Gasteiger partial charge in [0.2, 0.25) is 5.91 Å². The van der Waals surface area contributed by atoms with Crippen molar-refractivity contribution in [3.05, 3.63) is 33.3 Å². The molecule has 1 aromatic rings. The molecule has 146 valence electrons. The molecule has 1 aliphatic carbocycles. The number of nitrogens with zero attached hydrogens (tertiary/aromatic N) is 1. The Labute approximate surface area is 168 Å². The van der Waals surface area contributed by atoms with Gasteiger partial charge in [-0.3, -0.25) is 19.3 Å². The molecule has 1 aliphatic heterocycles. The average Bonchev–Trinajstić information content (AvgIpc) is 2.85. The molecular formula is C19H22Cl2N2O4. The molecule has 6 nitrogen and oxygen atoms in total. The van der Waals surface area contributed by atoms with Gasteiger partial charge in [0.25, 0.3) is 11.8 Å². The Kier molecular flexibility index (Phi) is 6.40. The first-order valence-electron chi connectivity index (χ1n) is 9.12. The second-order valence-corrected chi connectivity index (χ2v) is 7.84. The smallest absolute Gasteiger partial charge is 0.262 e. The highest BCUT2D eigenvalue weighted by Gasteiger charge is 2.37. The van der Waals surface area contributed by atoms with E-state index in [1.807, 2.05) is 0 Å². The summed E-state index contributed by atoms with van der Waals surface area (Å²) in [4.78, 5) is 37.8. The van der Waals surface area contributed by atoms with Gasteiger partial charge in [0.15, 0.2) is 0 Å². The molecule has 0 unspecified atom stereocenters. The minimum absolute atomic E-state index is 0.164. The van der Waals surface area contributed by atoms with Gasteiger partial charge in [-0.15, -0.1) is 0 Å². The van der Waals surface area contributed by atoms with Crippen LogP contribution in [0.1, 0.15) is 53.3 Å². The lowest BCUT2D eigenvalue weighted by atomic mass is 9.88. The molecule has 3 rings (SSSR count). The van der Waals surface area contributed by atoms with Gasteiger partial charge < -0.3 is 10.1 Å². The lowest BCUT2D eigenvalue weighted by molar-refractivity contribution is -0.121. The summed E-state index contributed by atoms with van der Waals surface area (Å²) in [6.45, 7) is 2.58. The minimum atomic E-state index is -0.545. The van der Waals surface area contributed by atoms with Gasteiger partial charge in [0.1, 0.15) is 6.54 Å². The van der Waals surface area contributed by atoms with Crippen LogP contribution >= 0.6 is 23.2 Å². The zero-order valence-corrected chi connectivity index (χ0v) is 16.6. The standard InChI is InChI=1S/C19H22Cl2N2O4/c1-11-4-2-3-5-16(11)27-7-6-22-17(24)10-23-18(25)12-8-14(20)15(21)9-13(12)19(23)26/h8-9,11,16H,2-7,10H2,1H3,(H,22,24)/t11-,16-/m0/s1. The molecule has 1 fully saturated rings. The maximum atomic E-state index is 12.4. The molecule has 2 aliphatic rings. The quantitative estimate of drug-likeness (QED) is 0.574. The number of hydrogen-bond acceptors (Lipinski definition) is 4. The van der Waals surface area contributed by atoms with E-state index in [1.165, 1.54) is 31.4 Å². The number of carbonyl (C=O) groups is 3. The van der Waals surface area contributed by atoms with Crippen molar-refractivity contribution in [3.8, 4) is 0 Å². The summed E-state index contributed by atoms with van der Waals surface area (Å²) in [7, 11) is 0. The number of ether oxygens (including phenoxy) is 1. The molecule has 8 heteroatoms. The normalized spacial score (nSPS) is 22.1. The molecule has 2 atom stereocenters. The Morgan fingerprint density at radius 3 is 2.33 bits per heavy atom. The van der Waals surface area contributed by atoms with Crippen molar-refractivity contribution in [1.29, 1.82) is 0 Å². The van der Waals surface area contributed by atoms with Crippen LogP contribution in [0.5, 0.6) is 0 Å². The first-order valence-corrected chi connectivity index (χ1v) is 9.87. The minimum Gasteiger partial charge on any atom is -0.376 e. The zero-order chi connectivity index (χ0) is 19.6. The van der Waals surface area contributed by atoms with E-state index in [4.69, 9.17) is 27.9 Å². The molecule has 3 amide bonds. The largest absolute Gasteiger partial charge is 0.376 e. The molecule has 0 spiro atoms. The number of carbonyl (C=O) groups excluding carboxylic acids is 3. The number of amides is 3. The van der Waals surface area contributed by atoms with E-state index in [0.29, 0.717) is 19.1 Å². The van der Waals surface area contributed by atoms with Gasteiger partial charge in [0, 0.05) is 6.54 Å². The van der Waals surface area contributed by atoms with Gasteiger partial charge in [-0.25, -0.2) is 0 Å². The van der Waals surface area contributed by atoms with Gasteiger partial charge in [-0.05, 0) is 30.9 Å².